The van der Waals surface area contributed by atoms with Crippen LogP contribution in [0.2, 0.25) is 0 Å². The summed E-state index contributed by atoms with van der Waals surface area (Å²) in [7, 11) is 1.29. The molecule has 1 aliphatic carbocycles. The number of hydrogen-bond donors (Lipinski definition) is 0. The largest absolute Gasteiger partial charge is 0.489 e. The summed E-state index contributed by atoms with van der Waals surface area (Å²) >= 11 is 0. The molecule has 1 fully saturated rings. The smallest absolute Gasteiger partial charge is 0.387 e. The van der Waals surface area contributed by atoms with E-state index in [0.717, 1.165) is 24.0 Å². The van der Waals surface area contributed by atoms with Crippen molar-refractivity contribution in [3.05, 3.63) is 53.3 Å². The molecule has 7 heteroatoms. The minimum atomic E-state index is -2.91. The van der Waals surface area contributed by atoms with E-state index in [9.17, 15) is 13.6 Å². The van der Waals surface area contributed by atoms with Crippen molar-refractivity contribution in [3.8, 4) is 11.5 Å². The third-order valence-electron chi connectivity index (χ3n) is 4.00. The monoisotopic (exact) mass is 375 g/mol. The average molecular weight is 375 g/mol. The normalized spacial score (nSPS) is 13.8. The molecule has 5 nitrogen and oxygen atoms in total. The summed E-state index contributed by atoms with van der Waals surface area (Å²) in [5, 5.41) is 0. The fourth-order valence-electron chi connectivity index (χ4n) is 2.39. The summed E-state index contributed by atoms with van der Waals surface area (Å²) in [5.41, 5.74) is 1.70. The van der Waals surface area contributed by atoms with Crippen LogP contribution in [0.3, 0.4) is 0 Å². The fraction of sp³-hybridized carbons (Fsp3) is 0.300. The van der Waals surface area contributed by atoms with Gasteiger partial charge in [0.05, 0.1) is 13.7 Å². The summed E-state index contributed by atoms with van der Waals surface area (Å²) in [6.45, 7) is -2.43. The van der Waals surface area contributed by atoms with Gasteiger partial charge in [0.25, 0.3) is 0 Å². The Hall–Kier alpha value is -2.96. The number of aromatic nitrogens is 1. The topological polar surface area (TPSA) is 57.7 Å². The Labute approximate surface area is 155 Å². The van der Waals surface area contributed by atoms with Crippen LogP contribution < -0.4 is 9.47 Å². The molecule has 1 saturated carbocycles. The molecule has 1 aromatic heterocycles. The van der Waals surface area contributed by atoms with E-state index in [0.29, 0.717) is 12.5 Å². The Morgan fingerprint density at radius 3 is 2.59 bits per heavy atom. The van der Waals surface area contributed by atoms with Crippen molar-refractivity contribution in [3.63, 3.8) is 0 Å². The highest BCUT2D eigenvalue weighted by atomic mass is 19.3. The second-order valence-electron chi connectivity index (χ2n) is 6.14. The Bertz CT molecular complexity index is 834. The van der Waals surface area contributed by atoms with Gasteiger partial charge < -0.3 is 14.2 Å². The van der Waals surface area contributed by atoms with E-state index < -0.39 is 12.6 Å². The van der Waals surface area contributed by atoms with Crippen molar-refractivity contribution in [2.24, 2.45) is 5.92 Å². The first kappa shape index (κ1) is 18.8. The zero-order chi connectivity index (χ0) is 19.2. The van der Waals surface area contributed by atoms with Gasteiger partial charge in [-0.1, -0.05) is 18.2 Å². The van der Waals surface area contributed by atoms with E-state index in [2.05, 4.69) is 14.5 Å². The van der Waals surface area contributed by atoms with E-state index in [1.54, 1.807) is 36.4 Å². The molecule has 0 N–H and O–H groups in total. The van der Waals surface area contributed by atoms with Crippen molar-refractivity contribution < 1.29 is 27.8 Å². The minimum absolute atomic E-state index is 0.0136. The maximum absolute atomic E-state index is 12.6. The van der Waals surface area contributed by atoms with Gasteiger partial charge in [0.15, 0.2) is 11.5 Å². The second kappa shape index (κ2) is 8.62. The maximum Gasteiger partial charge on any atom is 0.387 e. The molecule has 27 heavy (non-hydrogen) atoms. The molecule has 0 amide bonds. The molecule has 2 aromatic rings. The first-order chi connectivity index (χ1) is 13.0. The quantitative estimate of drug-likeness (QED) is 0.639. The highest BCUT2D eigenvalue weighted by molar-refractivity contribution is 5.88. The Morgan fingerprint density at radius 2 is 1.93 bits per heavy atom. The van der Waals surface area contributed by atoms with Crippen molar-refractivity contribution in [1.29, 1.82) is 0 Å². The molecule has 0 unspecified atom stereocenters. The molecule has 1 aromatic carbocycles. The summed E-state index contributed by atoms with van der Waals surface area (Å²) in [6, 6.07) is 8.10. The first-order valence-corrected chi connectivity index (χ1v) is 8.49. The molecule has 1 heterocycles. The van der Waals surface area contributed by atoms with Gasteiger partial charge in [-0.15, -0.1) is 0 Å². The minimum Gasteiger partial charge on any atom is -0.489 e. The lowest BCUT2D eigenvalue weighted by Gasteiger charge is -2.12. The van der Waals surface area contributed by atoms with Gasteiger partial charge in [-0.05, 0) is 54.2 Å². The lowest BCUT2D eigenvalue weighted by molar-refractivity contribution is -0.0515. The standard InChI is InChI=1S/C20H19F2NO4/c1-25-19(24)16-10-14(8-9-23-16)3-2-13-6-7-17(27-20(21)22)18(11-13)26-12-15-4-5-15/h2-3,6-11,15,20H,4-5,12H2,1H3/b3-2+. The third kappa shape index (κ3) is 5.51. The van der Waals surface area contributed by atoms with E-state index in [4.69, 9.17) is 4.74 Å². The Kier molecular flexibility index (Phi) is 6.01. The van der Waals surface area contributed by atoms with Crippen LogP contribution in [0.15, 0.2) is 36.5 Å². The van der Waals surface area contributed by atoms with Crippen LogP contribution in [0.5, 0.6) is 11.5 Å². The van der Waals surface area contributed by atoms with Crippen LogP contribution in [0, 0.1) is 5.92 Å². The van der Waals surface area contributed by atoms with Crippen LogP contribution in [0.25, 0.3) is 12.2 Å². The van der Waals surface area contributed by atoms with Gasteiger partial charge in [-0.2, -0.15) is 8.78 Å². The molecular formula is C20H19F2NO4. The zero-order valence-electron chi connectivity index (χ0n) is 14.7. The average Bonchev–Trinajstić information content (AvgIpc) is 3.49. The lowest BCUT2D eigenvalue weighted by atomic mass is 10.1. The third-order valence-corrected chi connectivity index (χ3v) is 4.00. The van der Waals surface area contributed by atoms with Gasteiger partial charge in [-0.25, -0.2) is 9.78 Å². The fourth-order valence-corrected chi connectivity index (χ4v) is 2.39. The molecule has 0 radical (unpaired) electrons. The second-order valence-corrected chi connectivity index (χ2v) is 6.14. The van der Waals surface area contributed by atoms with Gasteiger partial charge in [0.2, 0.25) is 0 Å². The van der Waals surface area contributed by atoms with Crippen LogP contribution in [-0.2, 0) is 4.74 Å². The summed E-state index contributed by atoms with van der Waals surface area (Å²) in [4.78, 5) is 15.5. The summed E-state index contributed by atoms with van der Waals surface area (Å²) in [5.74, 6) is 0.265. The van der Waals surface area contributed by atoms with E-state index in [1.807, 2.05) is 0 Å². The molecule has 0 aliphatic heterocycles. The van der Waals surface area contributed by atoms with Crippen LogP contribution >= 0.6 is 0 Å². The van der Waals surface area contributed by atoms with Gasteiger partial charge in [0.1, 0.15) is 5.69 Å². The number of benzene rings is 1. The number of carbonyl (C=O) groups excluding carboxylic acids is 1. The molecule has 0 atom stereocenters. The Morgan fingerprint density at radius 1 is 1.19 bits per heavy atom. The number of pyridine rings is 1. The number of methoxy groups -OCH3 is 1. The van der Waals surface area contributed by atoms with Crippen LogP contribution in [0.1, 0.15) is 34.5 Å². The Balaban J connectivity index is 1.78. The van der Waals surface area contributed by atoms with Crippen molar-refractivity contribution in [2.45, 2.75) is 19.5 Å². The molecule has 142 valence electrons. The van der Waals surface area contributed by atoms with Gasteiger partial charge in [0, 0.05) is 6.20 Å². The summed E-state index contributed by atoms with van der Waals surface area (Å²) in [6.07, 6.45) is 7.26. The lowest BCUT2D eigenvalue weighted by Crippen LogP contribution is -2.06. The number of esters is 1. The number of alkyl halides is 2. The molecule has 0 saturated heterocycles. The molecular weight excluding hydrogens is 356 g/mol. The molecule has 0 spiro atoms. The van der Waals surface area contributed by atoms with Crippen molar-refractivity contribution in [1.82, 2.24) is 4.98 Å². The number of nitrogens with zero attached hydrogens (tertiary/aromatic N) is 1. The molecule has 3 rings (SSSR count). The predicted octanol–water partition coefficient (Wildman–Crippen LogP) is 4.43. The van der Waals surface area contributed by atoms with E-state index >= 15 is 0 Å². The summed E-state index contributed by atoms with van der Waals surface area (Å²) < 4.78 is 40.0. The van der Waals surface area contributed by atoms with Crippen molar-refractivity contribution >= 4 is 18.1 Å². The highest BCUT2D eigenvalue weighted by Gasteiger charge is 2.23. The number of rotatable bonds is 8. The number of hydrogen-bond acceptors (Lipinski definition) is 5. The van der Waals surface area contributed by atoms with E-state index in [1.165, 1.54) is 19.4 Å². The molecule has 1 aliphatic rings. The first-order valence-electron chi connectivity index (χ1n) is 8.49. The molecule has 0 bridgehead atoms. The van der Waals surface area contributed by atoms with Gasteiger partial charge in [-0.3, -0.25) is 0 Å². The van der Waals surface area contributed by atoms with Crippen LogP contribution in [-0.4, -0.2) is 31.3 Å². The SMILES string of the molecule is COC(=O)c1cc(/C=C/c2ccc(OC(F)F)c(OCC3CC3)c2)ccn1. The zero-order valence-corrected chi connectivity index (χ0v) is 14.7. The van der Waals surface area contributed by atoms with Crippen molar-refractivity contribution in [2.75, 3.05) is 13.7 Å². The highest BCUT2D eigenvalue weighted by Crippen LogP contribution is 2.34. The van der Waals surface area contributed by atoms with Crippen LogP contribution in [0.4, 0.5) is 8.78 Å². The number of carbonyl (C=O) groups is 1. The number of ether oxygens (including phenoxy) is 3. The van der Waals surface area contributed by atoms with Gasteiger partial charge >= 0.3 is 12.6 Å². The predicted molar refractivity (Wildman–Crippen MR) is 95.8 cm³/mol. The van der Waals surface area contributed by atoms with E-state index in [-0.39, 0.29) is 17.2 Å². The number of halogens is 2. The maximum atomic E-state index is 12.6.